The van der Waals surface area contributed by atoms with Gasteiger partial charge in [-0.25, -0.2) is 9.97 Å². The van der Waals surface area contributed by atoms with E-state index in [4.69, 9.17) is 9.15 Å². The van der Waals surface area contributed by atoms with E-state index in [1.54, 1.807) is 18.3 Å². The fourth-order valence-electron chi connectivity index (χ4n) is 3.33. The highest BCUT2D eigenvalue weighted by Gasteiger charge is 2.27. The highest BCUT2D eigenvalue weighted by molar-refractivity contribution is 5.91. The molecule has 3 heterocycles. The lowest BCUT2D eigenvalue weighted by atomic mass is 9.93. The molecule has 0 aliphatic carbocycles. The summed E-state index contributed by atoms with van der Waals surface area (Å²) in [5, 5.41) is 0. The number of carbonyl (C=O) groups is 1. The smallest absolute Gasteiger partial charge is 0.290 e. The zero-order valence-electron chi connectivity index (χ0n) is 15.2. The maximum Gasteiger partial charge on any atom is 0.290 e. The number of rotatable bonds is 4. The van der Waals surface area contributed by atoms with Gasteiger partial charge in [0.2, 0.25) is 0 Å². The fraction of sp³-hybridized carbons (Fsp3) is 0.286. The number of furan rings is 1. The molecule has 0 saturated carbocycles. The van der Waals surface area contributed by atoms with Crippen molar-refractivity contribution in [2.75, 3.05) is 13.1 Å². The van der Waals surface area contributed by atoms with Crippen molar-refractivity contribution in [3.8, 4) is 11.7 Å². The number of amides is 1. The van der Waals surface area contributed by atoms with Crippen molar-refractivity contribution in [3.63, 3.8) is 0 Å². The predicted octanol–water partition coefficient (Wildman–Crippen LogP) is 4.19. The van der Waals surface area contributed by atoms with Crippen LogP contribution in [0.2, 0.25) is 0 Å². The Morgan fingerprint density at radius 1 is 1.11 bits per heavy atom. The van der Waals surface area contributed by atoms with Gasteiger partial charge < -0.3 is 14.1 Å². The van der Waals surface area contributed by atoms with Crippen LogP contribution >= 0.6 is 0 Å². The van der Waals surface area contributed by atoms with Gasteiger partial charge in [-0.3, -0.25) is 4.79 Å². The van der Waals surface area contributed by atoms with Gasteiger partial charge >= 0.3 is 0 Å². The summed E-state index contributed by atoms with van der Waals surface area (Å²) in [7, 11) is 0. The van der Waals surface area contributed by atoms with Crippen LogP contribution in [-0.2, 0) is 0 Å². The number of nitrogens with zero attached hydrogens (tertiary/aromatic N) is 3. The number of benzene rings is 1. The molecule has 3 aromatic rings. The van der Waals surface area contributed by atoms with Gasteiger partial charge in [0, 0.05) is 37.0 Å². The molecule has 1 aliphatic heterocycles. The Bertz CT molecular complexity index is 915. The highest BCUT2D eigenvalue weighted by atomic mass is 16.6. The average molecular weight is 363 g/mol. The summed E-state index contributed by atoms with van der Waals surface area (Å²) in [4.78, 5) is 23.2. The highest BCUT2D eigenvalue weighted by Crippen LogP contribution is 2.29. The quantitative estimate of drug-likeness (QED) is 0.695. The van der Waals surface area contributed by atoms with E-state index in [0.717, 1.165) is 24.4 Å². The Balaban J connectivity index is 1.37. The second-order valence-electron chi connectivity index (χ2n) is 6.63. The van der Waals surface area contributed by atoms with Crippen molar-refractivity contribution in [1.82, 2.24) is 14.9 Å². The molecular formula is C21H21N3O3. The van der Waals surface area contributed by atoms with Gasteiger partial charge in [0.05, 0.1) is 0 Å². The summed E-state index contributed by atoms with van der Waals surface area (Å²) in [6, 6.07) is 14.7. The normalized spacial score (nSPS) is 14.9. The molecule has 2 aromatic heterocycles. The average Bonchev–Trinajstić information content (AvgIpc) is 3.17. The van der Waals surface area contributed by atoms with Gasteiger partial charge in [-0.05, 0) is 44.0 Å². The molecular weight excluding hydrogens is 342 g/mol. The SMILES string of the molecule is Cc1nccc(C2CCN(C(=O)c3ccc(Oc4ccccc4)o3)CC2)n1. The number of carbonyl (C=O) groups excluding carboxylic acids is 1. The van der Waals surface area contributed by atoms with Gasteiger partial charge in [-0.15, -0.1) is 0 Å². The molecule has 1 fully saturated rings. The van der Waals surface area contributed by atoms with Gasteiger partial charge in [0.1, 0.15) is 11.6 Å². The molecule has 0 radical (unpaired) electrons. The number of likely N-dealkylation sites (tertiary alicyclic amines) is 1. The van der Waals surface area contributed by atoms with Gasteiger partial charge in [-0.2, -0.15) is 0 Å². The minimum Gasteiger partial charge on any atom is -0.426 e. The first-order chi connectivity index (χ1) is 13.2. The lowest BCUT2D eigenvalue weighted by Gasteiger charge is -2.31. The zero-order valence-corrected chi connectivity index (χ0v) is 15.2. The molecule has 1 aliphatic rings. The first-order valence-corrected chi connectivity index (χ1v) is 9.10. The second kappa shape index (κ2) is 7.61. The van der Waals surface area contributed by atoms with Crippen LogP contribution in [0.1, 0.15) is 40.8 Å². The molecule has 0 bridgehead atoms. The van der Waals surface area contributed by atoms with Crippen LogP contribution in [0.15, 0.2) is 59.1 Å². The number of aromatic nitrogens is 2. The number of ether oxygens (including phenoxy) is 1. The summed E-state index contributed by atoms with van der Waals surface area (Å²) in [6.45, 7) is 3.26. The molecule has 1 amide bonds. The van der Waals surface area contributed by atoms with E-state index >= 15 is 0 Å². The standard InChI is InChI=1S/C21H21N3O3/c1-15-22-12-9-18(23-15)16-10-13-24(14-11-16)21(25)19-7-8-20(27-19)26-17-5-3-2-4-6-17/h2-9,12,16H,10-11,13-14H2,1H3. The van der Waals surface area contributed by atoms with E-state index in [-0.39, 0.29) is 5.91 Å². The minimum atomic E-state index is -0.102. The van der Waals surface area contributed by atoms with E-state index in [2.05, 4.69) is 9.97 Å². The largest absolute Gasteiger partial charge is 0.426 e. The van der Waals surface area contributed by atoms with E-state index in [1.165, 1.54) is 0 Å². The number of hydrogen-bond acceptors (Lipinski definition) is 5. The fourth-order valence-corrected chi connectivity index (χ4v) is 3.33. The van der Waals surface area contributed by atoms with Crippen molar-refractivity contribution >= 4 is 5.91 Å². The van der Waals surface area contributed by atoms with Crippen LogP contribution in [0.25, 0.3) is 0 Å². The lowest BCUT2D eigenvalue weighted by Crippen LogP contribution is -2.37. The number of piperidine rings is 1. The van der Waals surface area contributed by atoms with E-state index < -0.39 is 0 Å². The minimum absolute atomic E-state index is 0.102. The summed E-state index contributed by atoms with van der Waals surface area (Å²) < 4.78 is 11.2. The number of aryl methyl sites for hydroxylation is 1. The van der Waals surface area contributed by atoms with Crippen molar-refractivity contribution in [2.24, 2.45) is 0 Å². The first-order valence-electron chi connectivity index (χ1n) is 9.10. The molecule has 4 rings (SSSR count). The summed E-state index contributed by atoms with van der Waals surface area (Å²) in [5.41, 5.74) is 1.06. The van der Waals surface area contributed by atoms with E-state index in [1.807, 2.05) is 48.2 Å². The number of hydrogen-bond donors (Lipinski definition) is 0. The van der Waals surface area contributed by atoms with Crippen molar-refractivity contribution in [2.45, 2.75) is 25.7 Å². The molecule has 0 unspecified atom stereocenters. The summed E-state index contributed by atoms with van der Waals surface area (Å²) >= 11 is 0. The van der Waals surface area contributed by atoms with Crippen LogP contribution in [0.3, 0.4) is 0 Å². The van der Waals surface area contributed by atoms with Crippen LogP contribution in [0, 0.1) is 6.92 Å². The second-order valence-corrected chi connectivity index (χ2v) is 6.63. The van der Waals surface area contributed by atoms with Gasteiger partial charge in [-0.1, -0.05) is 18.2 Å². The molecule has 0 N–H and O–H groups in total. The third-order valence-electron chi connectivity index (χ3n) is 4.75. The molecule has 0 spiro atoms. The van der Waals surface area contributed by atoms with Crippen LogP contribution < -0.4 is 4.74 Å². The first kappa shape index (κ1) is 17.3. The van der Waals surface area contributed by atoms with Crippen molar-refractivity contribution in [3.05, 3.63) is 72.0 Å². The van der Waals surface area contributed by atoms with E-state index in [0.29, 0.717) is 36.5 Å². The molecule has 0 atom stereocenters. The zero-order chi connectivity index (χ0) is 18.6. The summed E-state index contributed by atoms with van der Waals surface area (Å²) in [5.74, 6) is 2.34. The molecule has 27 heavy (non-hydrogen) atoms. The monoisotopic (exact) mass is 363 g/mol. The maximum absolute atomic E-state index is 12.7. The Labute approximate surface area is 157 Å². The topological polar surface area (TPSA) is 68.5 Å². The number of para-hydroxylation sites is 1. The third kappa shape index (κ3) is 4.00. The molecule has 6 nitrogen and oxygen atoms in total. The lowest BCUT2D eigenvalue weighted by molar-refractivity contribution is 0.0675. The summed E-state index contributed by atoms with van der Waals surface area (Å²) in [6.07, 6.45) is 3.57. The van der Waals surface area contributed by atoms with Crippen LogP contribution in [-0.4, -0.2) is 33.9 Å². The van der Waals surface area contributed by atoms with E-state index in [9.17, 15) is 4.79 Å². The van der Waals surface area contributed by atoms with Crippen molar-refractivity contribution in [1.29, 1.82) is 0 Å². The Kier molecular flexibility index (Phi) is 4.87. The third-order valence-corrected chi connectivity index (χ3v) is 4.75. The van der Waals surface area contributed by atoms with Gasteiger partial charge in [0.25, 0.3) is 11.9 Å². The molecule has 1 saturated heterocycles. The van der Waals surface area contributed by atoms with Crippen molar-refractivity contribution < 1.29 is 13.9 Å². The maximum atomic E-state index is 12.7. The Hall–Kier alpha value is -3.15. The molecule has 6 heteroatoms. The Morgan fingerprint density at radius 2 is 1.89 bits per heavy atom. The molecule has 1 aromatic carbocycles. The molecule has 138 valence electrons. The predicted molar refractivity (Wildman–Crippen MR) is 99.9 cm³/mol. The van der Waals surface area contributed by atoms with Crippen LogP contribution in [0.5, 0.6) is 11.7 Å². The van der Waals surface area contributed by atoms with Gasteiger partial charge in [0.15, 0.2) is 5.76 Å². The van der Waals surface area contributed by atoms with Crippen LogP contribution in [0.4, 0.5) is 0 Å². The Morgan fingerprint density at radius 3 is 2.63 bits per heavy atom.